The van der Waals surface area contributed by atoms with E-state index in [1.54, 1.807) is 0 Å². The number of hydrogen-bond donors (Lipinski definition) is 1. The number of rotatable bonds is 2. The average Bonchev–Trinajstić information content (AvgIpc) is 3.13. The van der Waals surface area contributed by atoms with Gasteiger partial charge in [0.05, 0.1) is 17.4 Å². The summed E-state index contributed by atoms with van der Waals surface area (Å²) in [5, 5.41) is 7.96. The Bertz CT molecular complexity index is 735. The summed E-state index contributed by atoms with van der Waals surface area (Å²) < 4.78 is 1.95. The third-order valence-electron chi connectivity index (χ3n) is 4.96. The van der Waals surface area contributed by atoms with Crippen LogP contribution in [-0.2, 0) is 0 Å². The van der Waals surface area contributed by atoms with E-state index in [0.717, 1.165) is 43.9 Å². The van der Waals surface area contributed by atoms with Crippen LogP contribution in [0.25, 0.3) is 0 Å². The van der Waals surface area contributed by atoms with Gasteiger partial charge in [0.2, 0.25) is 0 Å². The number of anilines is 2. The molecule has 6 heteroatoms. The van der Waals surface area contributed by atoms with Gasteiger partial charge < -0.3 is 15.1 Å². The van der Waals surface area contributed by atoms with Crippen LogP contribution in [0.1, 0.15) is 29.4 Å². The molecule has 2 aliphatic heterocycles. The first-order valence-electron chi connectivity index (χ1n) is 8.62. The first-order valence-corrected chi connectivity index (χ1v) is 8.62. The lowest BCUT2D eigenvalue weighted by molar-refractivity contribution is 0.0980. The molecule has 2 aromatic rings. The highest BCUT2D eigenvalue weighted by Gasteiger charge is 2.27. The first kappa shape index (κ1) is 15.2. The molecule has 1 atom stereocenters. The van der Waals surface area contributed by atoms with Crippen molar-refractivity contribution in [3.05, 3.63) is 42.2 Å². The Labute approximate surface area is 142 Å². The largest absolute Gasteiger partial charge is 0.371 e. The number of nitrogens with zero attached hydrogens (tertiary/aromatic N) is 4. The number of para-hydroxylation sites is 2. The summed E-state index contributed by atoms with van der Waals surface area (Å²) in [7, 11) is 2.06. The van der Waals surface area contributed by atoms with Gasteiger partial charge in [-0.3, -0.25) is 9.48 Å². The highest BCUT2D eigenvalue weighted by Crippen LogP contribution is 2.32. The number of nitrogens with one attached hydrogen (secondary N) is 1. The number of likely N-dealkylation sites (N-methyl/N-ethyl adjacent to an activating group) is 1. The highest BCUT2D eigenvalue weighted by molar-refractivity contribution is 6.07. The molecule has 1 aromatic carbocycles. The van der Waals surface area contributed by atoms with Crippen molar-refractivity contribution in [1.29, 1.82) is 0 Å². The lowest BCUT2D eigenvalue weighted by Gasteiger charge is -2.35. The Morgan fingerprint density at radius 1 is 1.21 bits per heavy atom. The predicted molar refractivity (Wildman–Crippen MR) is 94.8 cm³/mol. The van der Waals surface area contributed by atoms with Crippen molar-refractivity contribution >= 4 is 17.3 Å². The quantitative estimate of drug-likeness (QED) is 0.916. The summed E-state index contributed by atoms with van der Waals surface area (Å²) in [5.41, 5.74) is 2.58. The fourth-order valence-electron chi connectivity index (χ4n) is 3.57. The highest BCUT2D eigenvalue weighted by atomic mass is 16.2. The SMILES string of the molecule is CN1CCN(C(=O)c2ccn(C3CCCNC3)n2)c2ccccc21. The second kappa shape index (κ2) is 6.28. The van der Waals surface area contributed by atoms with Crippen molar-refractivity contribution in [2.24, 2.45) is 0 Å². The second-order valence-electron chi connectivity index (χ2n) is 6.55. The fourth-order valence-corrected chi connectivity index (χ4v) is 3.57. The normalized spacial score (nSPS) is 20.8. The van der Waals surface area contributed by atoms with Gasteiger partial charge in [-0.2, -0.15) is 5.10 Å². The minimum Gasteiger partial charge on any atom is -0.371 e. The summed E-state index contributed by atoms with van der Waals surface area (Å²) >= 11 is 0. The van der Waals surface area contributed by atoms with Crippen molar-refractivity contribution < 1.29 is 4.79 Å². The Morgan fingerprint density at radius 3 is 2.83 bits per heavy atom. The molecule has 1 N–H and O–H groups in total. The molecule has 24 heavy (non-hydrogen) atoms. The lowest BCUT2D eigenvalue weighted by Crippen LogP contribution is -2.42. The van der Waals surface area contributed by atoms with Crippen LogP contribution in [0.2, 0.25) is 0 Å². The van der Waals surface area contributed by atoms with E-state index in [2.05, 4.69) is 28.4 Å². The molecule has 0 spiro atoms. The van der Waals surface area contributed by atoms with Crippen molar-refractivity contribution in [3.63, 3.8) is 0 Å². The molecule has 3 heterocycles. The molecule has 1 fully saturated rings. The van der Waals surface area contributed by atoms with E-state index < -0.39 is 0 Å². The molecule has 6 nitrogen and oxygen atoms in total. The zero-order valence-electron chi connectivity index (χ0n) is 14.0. The molecule has 126 valence electrons. The van der Waals surface area contributed by atoms with Crippen LogP contribution in [0.15, 0.2) is 36.5 Å². The fraction of sp³-hybridized carbons (Fsp3) is 0.444. The van der Waals surface area contributed by atoms with Crippen LogP contribution >= 0.6 is 0 Å². The van der Waals surface area contributed by atoms with Gasteiger partial charge in [-0.05, 0) is 37.6 Å². The van der Waals surface area contributed by atoms with Crippen molar-refractivity contribution in [2.45, 2.75) is 18.9 Å². The number of carbonyl (C=O) groups is 1. The Kier molecular flexibility index (Phi) is 3.98. The Hall–Kier alpha value is -2.34. The predicted octanol–water partition coefficient (Wildman–Crippen LogP) is 1.90. The third kappa shape index (κ3) is 2.67. The van der Waals surface area contributed by atoms with E-state index in [1.807, 2.05) is 40.0 Å². The first-order chi connectivity index (χ1) is 11.7. The number of fused-ring (bicyclic) bond motifs is 1. The summed E-state index contributed by atoms with van der Waals surface area (Å²) in [6.07, 6.45) is 4.20. The second-order valence-corrected chi connectivity index (χ2v) is 6.55. The molecule has 1 saturated heterocycles. The van der Waals surface area contributed by atoms with E-state index in [4.69, 9.17) is 0 Å². The number of benzene rings is 1. The van der Waals surface area contributed by atoms with Gasteiger partial charge in [-0.15, -0.1) is 0 Å². The minimum atomic E-state index is -0.0157. The molecule has 4 rings (SSSR count). The smallest absolute Gasteiger partial charge is 0.278 e. The van der Waals surface area contributed by atoms with E-state index in [1.165, 1.54) is 0 Å². The molecule has 1 aromatic heterocycles. The summed E-state index contributed by atoms with van der Waals surface area (Å²) in [4.78, 5) is 17.0. The van der Waals surface area contributed by atoms with E-state index >= 15 is 0 Å². The Morgan fingerprint density at radius 2 is 2.04 bits per heavy atom. The van der Waals surface area contributed by atoms with E-state index in [-0.39, 0.29) is 5.91 Å². The van der Waals surface area contributed by atoms with Gasteiger partial charge >= 0.3 is 0 Å². The molecule has 1 unspecified atom stereocenters. The topological polar surface area (TPSA) is 53.4 Å². The van der Waals surface area contributed by atoms with E-state index in [9.17, 15) is 4.79 Å². The van der Waals surface area contributed by atoms with Gasteiger partial charge in [0.15, 0.2) is 5.69 Å². The molecule has 0 saturated carbocycles. The van der Waals surface area contributed by atoms with E-state index in [0.29, 0.717) is 18.3 Å². The standard InChI is InChI=1S/C18H23N5O/c1-21-11-12-22(17-7-3-2-6-16(17)21)18(24)15-8-10-23(20-15)14-5-4-9-19-13-14/h2-3,6-8,10,14,19H,4-5,9,11-13H2,1H3. The molecule has 0 bridgehead atoms. The lowest BCUT2D eigenvalue weighted by atomic mass is 10.1. The van der Waals surface area contributed by atoms with Crippen molar-refractivity contribution in [3.8, 4) is 0 Å². The van der Waals surface area contributed by atoms with Crippen molar-refractivity contribution in [1.82, 2.24) is 15.1 Å². The maximum absolute atomic E-state index is 13.0. The zero-order chi connectivity index (χ0) is 16.5. The Balaban J connectivity index is 1.58. The maximum Gasteiger partial charge on any atom is 0.278 e. The average molecular weight is 325 g/mol. The number of aromatic nitrogens is 2. The van der Waals surface area contributed by atoms with Crippen LogP contribution in [0.4, 0.5) is 11.4 Å². The van der Waals surface area contributed by atoms with Gasteiger partial charge in [0.25, 0.3) is 5.91 Å². The van der Waals surface area contributed by atoms with Gasteiger partial charge in [-0.1, -0.05) is 12.1 Å². The monoisotopic (exact) mass is 325 g/mol. The van der Waals surface area contributed by atoms with Crippen LogP contribution in [0.5, 0.6) is 0 Å². The van der Waals surface area contributed by atoms with Crippen molar-refractivity contribution in [2.75, 3.05) is 43.0 Å². The zero-order valence-corrected chi connectivity index (χ0v) is 14.0. The number of hydrogen-bond acceptors (Lipinski definition) is 4. The summed E-state index contributed by atoms with van der Waals surface area (Å²) in [6, 6.07) is 10.2. The molecular weight excluding hydrogens is 302 g/mol. The maximum atomic E-state index is 13.0. The van der Waals surface area contributed by atoms with Gasteiger partial charge in [0.1, 0.15) is 0 Å². The van der Waals surface area contributed by atoms with Crippen LogP contribution in [0, 0.1) is 0 Å². The third-order valence-corrected chi connectivity index (χ3v) is 4.96. The molecular formula is C18H23N5O. The summed E-state index contributed by atoms with van der Waals surface area (Å²) in [6.45, 7) is 3.51. The number of piperidine rings is 1. The van der Waals surface area contributed by atoms with Crippen LogP contribution in [0.3, 0.4) is 0 Å². The summed E-state index contributed by atoms with van der Waals surface area (Å²) in [5.74, 6) is -0.0157. The number of amides is 1. The van der Waals surface area contributed by atoms with Crippen LogP contribution in [-0.4, -0.2) is 48.9 Å². The van der Waals surface area contributed by atoms with Gasteiger partial charge in [-0.25, -0.2) is 0 Å². The molecule has 0 radical (unpaired) electrons. The molecule has 2 aliphatic rings. The van der Waals surface area contributed by atoms with Crippen LogP contribution < -0.4 is 15.1 Å². The number of carbonyl (C=O) groups excluding carboxylic acids is 1. The van der Waals surface area contributed by atoms with Gasteiger partial charge in [0, 0.05) is 32.9 Å². The molecule has 0 aliphatic carbocycles. The molecule has 1 amide bonds. The minimum absolute atomic E-state index is 0.0157.